The Morgan fingerprint density at radius 1 is 1.03 bits per heavy atom. The summed E-state index contributed by atoms with van der Waals surface area (Å²) in [6.45, 7) is 10.9. The fourth-order valence-electron chi connectivity index (χ4n) is 3.51. The van der Waals surface area contributed by atoms with Crippen LogP contribution in [-0.4, -0.2) is 64.8 Å². The van der Waals surface area contributed by atoms with Crippen LogP contribution in [0.2, 0.25) is 0 Å². The Bertz CT molecular complexity index is 881. The summed E-state index contributed by atoms with van der Waals surface area (Å²) in [5.41, 5.74) is 1.62. The maximum atomic E-state index is 13.3. The Labute approximate surface area is 204 Å². The first-order chi connectivity index (χ1) is 14.6. The zero-order chi connectivity index (χ0) is 23.1. The Hall–Kier alpha value is -1.81. The van der Waals surface area contributed by atoms with Crippen LogP contribution in [0.1, 0.15) is 73.5 Å². The first-order valence-electron chi connectivity index (χ1n) is 11.3. The number of carboxylic acids is 1. The van der Waals surface area contributed by atoms with Crippen LogP contribution in [0.15, 0.2) is 18.3 Å². The first kappa shape index (κ1) is 28.2. The molecule has 2 aromatic rings. The minimum atomic E-state index is -1.29. The molecule has 2 heterocycles. The van der Waals surface area contributed by atoms with E-state index in [9.17, 15) is 14.7 Å². The third kappa shape index (κ3) is 7.95. The number of nitrogens with zero attached hydrogens (tertiary/aromatic N) is 4. The minimum Gasteiger partial charge on any atom is -0.543 e. The van der Waals surface area contributed by atoms with E-state index in [1.807, 2.05) is 19.0 Å². The molecule has 0 bridgehead atoms. The summed E-state index contributed by atoms with van der Waals surface area (Å²) < 4.78 is 1.75. The number of rotatable bonds is 12. The van der Waals surface area contributed by atoms with Gasteiger partial charge < -0.3 is 24.1 Å². The molecule has 172 valence electrons. The molecule has 2 rings (SSSR count). The monoisotopic (exact) mass is 436 g/mol. The SMILES string of the molecule is CC(C)CCN(CCC(C)C)C(=O)c1ccc2nc(C(=O)[O-])c(CCCN(C)C)n2c1.[Li+]. The van der Waals surface area contributed by atoms with Crippen molar-refractivity contribution >= 4 is 17.5 Å². The number of carbonyl (C=O) groups is 2. The Morgan fingerprint density at radius 2 is 1.62 bits per heavy atom. The van der Waals surface area contributed by atoms with Gasteiger partial charge >= 0.3 is 18.9 Å². The molecule has 0 aliphatic rings. The fraction of sp³-hybridized carbons (Fsp3) is 0.625. The molecule has 0 spiro atoms. The number of carbonyl (C=O) groups excluding carboxylic acids is 2. The molecule has 0 aliphatic heterocycles. The van der Waals surface area contributed by atoms with Crippen molar-refractivity contribution in [3.05, 3.63) is 35.3 Å². The Morgan fingerprint density at radius 3 is 2.12 bits per heavy atom. The molecule has 0 unspecified atom stereocenters. The summed E-state index contributed by atoms with van der Waals surface area (Å²) in [5, 5.41) is 11.6. The van der Waals surface area contributed by atoms with E-state index in [2.05, 4.69) is 37.6 Å². The zero-order valence-corrected chi connectivity index (χ0v) is 20.9. The molecule has 7 nitrogen and oxygen atoms in total. The molecule has 0 radical (unpaired) electrons. The normalized spacial score (nSPS) is 11.4. The van der Waals surface area contributed by atoms with E-state index in [0.717, 1.165) is 25.8 Å². The van der Waals surface area contributed by atoms with E-state index in [1.54, 1.807) is 22.7 Å². The fourth-order valence-corrected chi connectivity index (χ4v) is 3.51. The summed E-state index contributed by atoms with van der Waals surface area (Å²) in [6, 6.07) is 3.46. The average Bonchev–Trinajstić information content (AvgIpc) is 3.05. The van der Waals surface area contributed by atoms with Gasteiger partial charge in [-0.3, -0.25) is 4.79 Å². The molecule has 8 heteroatoms. The molecule has 32 heavy (non-hydrogen) atoms. The number of hydrogen-bond acceptors (Lipinski definition) is 5. The van der Waals surface area contributed by atoms with Crippen LogP contribution in [0.3, 0.4) is 0 Å². The van der Waals surface area contributed by atoms with Gasteiger partial charge in [-0.15, -0.1) is 0 Å². The Kier molecular flexibility index (Phi) is 11.5. The van der Waals surface area contributed by atoms with Crippen LogP contribution < -0.4 is 24.0 Å². The van der Waals surface area contributed by atoms with Crippen molar-refractivity contribution in [2.75, 3.05) is 33.7 Å². The molecule has 1 amide bonds. The predicted molar refractivity (Wildman–Crippen MR) is 121 cm³/mol. The molecular weight excluding hydrogens is 399 g/mol. The van der Waals surface area contributed by atoms with E-state index >= 15 is 0 Å². The number of fused-ring (bicyclic) bond motifs is 1. The predicted octanol–water partition coefficient (Wildman–Crippen LogP) is -0.270. The number of hydrogen-bond donors (Lipinski definition) is 0. The van der Waals surface area contributed by atoms with Crippen LogP contribution in [0, 0.1) is 11.8 Å². The van der Waals surface area contributed by atoms with E-state index < -0.39 is 5.97 Å². The van der Waals surface area contributed by atoms with Crippen molar-refractivity contribution in [1.29, 1.82) is 0 Å². The Balaban J connectivity index is 0.00000512. The standard InChI is InChI=1S/C24H38N4O3.Li/c1-17(2)11-14-27(15-12-18(3)4)23(29)19-9-10-21-25-22(24(30)31)20(28(21)16-19)8-7-13-26(5)6;/h9-10,16-18H,7-8,11-15H2,1-6H3,(H,30,31);/q;+1/p-1. The van der Waals surface area contributed by atoms with Crippen LogP contribution >= 0.6 is 0 Å². The smallest absolute Gasteiger partial charge is 0.543 e. The van der Waals surface area contributed by atoms with E-state index in [1.165, 1.54) is 0 Å². The summed E-state index contributed by atoms with van der Waals surface area (Å²) in [4.78, 5) is 33.2. The largest absolute Gasteiger partial charge is 1.00 e. The van der Waals surface area contributed by atoms with E-state index in [0.29, 0.717) is 48.3 Å². The molecule has 2 aromatic heterocycles. The number of carboxylic acid groups (broad SMARTS) is 1. The van der Waals surface area contributed by atoms with Gasteiger partial charge in [0.1, 0.15) is 11.3 Å². The summed E-state index contributed by atoms with van der Waals surface area (Å²) in [6.07, 6.45) is 4.96. The van der Waals surface area contributed by atoms with Crippen molar-refractivity contribution in [3.8, 4) is 0 Å². The quantitative estimate of drug-likeness (QED) is 0.428. The van der Waals surface area contributed by atoms with Crippen LogP contribution in [-0.2, 0) is 6.42 Å². The number of amides is 1. The molecule has 0 saturated carbocycles. The zero-order valence-electron chi connectivity index (χ0n) is 20.9. The topological polar surface area (TPSA) is 81.0 Å². The third-order valence-corrected chi connectivity index (χ3v) is 5.42. The van der Waals surface area contributed by atoms with Gasteiger partial charge in [0.2, 0.25) is 0 Å². The number of aromatic carboxylic acids is 1. The van der Waals surface area contributed by atoms with Crippen molar-refractivity contribution in [3.63, 3.8) is 0 Å². The van der Waals surface area contributed by atoms with Crippen molar-refractivity contribution in [2.45, 2.75) is 53.4 Å². The van der Waals surface area contributed by atoms with Crippen molar-refractivity contribution in [2.24, 2.45) is 11.8 Å². The second-order valence-corrected chi connectivity index (χ2v) is 9.40. The number of pyridine rings is 1. The number of aryl methyl sites for hydroxylation is 1. The van der Waals surface area contributed by atoms with Gasteiger partial charge in [0.25, 0.3) is 5.91 Å². The third-order valence-electron chi connectivity index (χ3n) is 5.42. The molecule has 0 aliphatic carbocycles. The van der Waals surface area contributed by atoms with Gasteiger partial charge in [-0.05, 0) is 70.3 Å². The van der Waals surface area contributed by atoms with Crippen molar-refractivity contribution < 1.29 is 33.6 Å². The molecule has 0 fully saturated rings. The molecule has 0 saturated heterocycles. The van der Waals surface area contributed by atoms with Crippen LogP contribution in [0.25, 0.3) is 5.65 Å². The van der Waals surface area contributed by atoms with Gasteiger partial charge in [0.05, 0.1) is 17.2 Å². The number of aromatic nitrogens is 2. The first-order valence-corrected chi connectivity index (χ1v) is 11.3. The van der Waals surface area contributed by atoms with E-state index in [4.69, 9.17) is 0 Å². The summed E-state index contributed by atoms with van der Waals surface area (Å²) in [5.74, 6) is -0.281. The van der Waals surface area contributed by atoms with Gasteiger partial charge in [0.15, 0.2) is 0 Å². The van der Waals surface area contributed by atoms with Gasteiger partial charge in [-0.25, -0.2) is 4.98 Å². The average molecular weight is 437 g/mol. The molecule has 0 aromatic carbocycles. The molecular formula is C24H37LiN4O3. The maximum absolute atomic E-state index is 13.3. The van der Waals surface area contributed by atoms with Gasteiger partial charge in [-0.1, -0.05) is 27.7 Å². The van der Waals surface area contributed by atoms with Gasteiger partial charge in [0, 0.05) is 19.3 Å². The van der Waals surface area contributed by atoms with Crippen LogP contribution in [0.4, 0.5) is 0 Å². The minimum absolute atomic E-state index is 0. The second kappa shape index (κ2) is 13.0. The summed E-state index contributed by atoms with van der Waals surface area (Å²) in [7, 11) is 3.96. The number of imidazole rings is 1. The van der Waals surface area contributed by atoms with Crippen molar-refractivity contribution in [1.82, 2.24) is 19.2 Å². The molecule has 0 atom stereocenters. The molecule has 0 N–H and O–H groups in total. The van der Waals surface area contributed by atoms with E-state index in [-0.39, 0.29) is 30.5 Å². The maximum Gasteiger partial charge on any atom is 1.00 e. The van der Waals surface area contributed by atoms with Crippen LogP contribution in [0.5, 0.6) is 0 Å². The van der Waals surface area contributed by atoms with Gasteiger partial charge in [-0.2, -0.15) is 0 Å². The summed E-state index contributed by atoms with van der Waals surface area (Å²) >= 11 is 0. The second-order valence-electron chi connectivity index (χ2n) is 9.40.